The van der Waals surface area contributed by atoms with Crippen molar-refractivity contribution in [3.63, 3.8) is 0 Å². The number of amides is 1. The number of anilines is 1. The summed E-state index contributed by atoms with van der Waals surface area (Å²) in [6.45, 7) is 8.04. The van der Waals surface area contributed by atoms with Gasteiger partial charge in [-0.05, 0) is 42.2 Å². The average molecular weight is 393 g/mol. The lowest BCUT2D eigenvalue weighted by molar-refractivity contribution is -0.118. The second kappa shape index (κ2) is 7.99. The molecule has 6 heteroatoms. The van der Waals surface area contributed by atoms with E-state index in [4.69, 9.17) is 4.74 Å². The SMILES string of the molecule is Cc1c(NC(=O)COc2ccc(C(C)(C)C)cc2)c(=O)n(-c2ccccc2)n1C. The van der Waals surface area contributed by atoms with E-state index in [-0.39, 0.29) is 29.2 Å². The van der Waals surface area contributed by atoms with Crippen LogP contribution in [0.2, 0.25) is 0 Å². The molecular weight excluding hydrogens is 366 g/mol. The minimum atomic E-state index is -0.379. The molecule has 1 N–H and O–H groups in total. The molecule has 0 fully saturated rings. The molecule has 6 nitrogen and oxygen atoms in total. The van der Waals surface area contributed by atoms with Gasteiger partial charge in [-0.15, -0.1) is 0 Å². The molecular formula is C23H27N3O3. The van der Waals surface area contributed by atoms with E-state index < -0.39 is 0 Å². The molecule has 1 amide bonds. The third-order valence-corrected chi connectivity index (χ3v) is 4.91. The predicted molar refractivity (Wildman–Crippen MR) is 115 cm³/mol. The molecule has 0 radical (unpaired) electrons. The third kappa shape index (κ3) is 4.42. The van der Waals surface area contributed by atoms with Crippen molar-refractivity contribution in [3.05, 3.63) is 76.2 Å². The molecule has 1 aromatic heterocycles. The number of nitrogens with zero attached hydrogens (tertiary/aromatic N) is 2. The van der Waals surface area contributed by atoms with Crippen LogP contribution in [0.25, 0.3) is 5.69 Å². The minimum Gasteiger partial charge on any atom is -0.484 e. The lowest BCUT2D eigenvalue weighted by Crippen LogP contribution is -2.25. The predicted octanol–water partition coefficient (Wildman–Crippen LogP) is 3.80. The summed E-state index contributed by atoms with van der Waals surface area (Å²) < 4.78 is 8.83. The summed E-state index contributed by atoms with van der Waals surface area (Å²) in [6.07, 6.45) is 0. The van der Waals surface area contributed by atoms with Crippen LogP contribution < -0.4 is 15.6 Å². The summed E-state index contributed by atoms with van der Waals surface area (Å²) in [4.78, 5) is 25.2. The van der Waals surface area contributed by atoms with Gasteiger partial charge in [-0.2, -0.15) is 0 Å². The summed E-state index contributed by atoms with van der Waals surface area (Å²) in [6, 6.07) is 17.0. The van der Waals surface area contributed by atoms with Crippen molar-refractivity contribution in [2.24, 2.45) is 7.05 Å². The molecule has 152 valence electrons. The number of rotatable bonds is 5. The Morgan fingerprint density at radius 3 is 2.24 bits per heavy atom. The van der Waals surface area contributed by atoms with Crippen LogP contribution >= 0.6 is 0 Å². The highest BCUT2D eigenvalue weighted by Crippen LogP contribution is 2.24. The van der Waals surface area contributed by atoms with Gasteiger partial charge in [-0.3, -0.25) is 14.3 Å². The Morgan fingerprint density at radius 1 is 1.03 bits per heavy atom. The summed E-state index contributed by atoms with van der Waals surface area (Å²) in [5.74, 6) is 0.232. The van der Waals surface area contributed by atoms with E-state index in [1.54, 1.807) is 18.7 Å². The molecule has 0 aliphatic rings. The van der Waals surface area contributed by atoms with Gasteiger partial charge in [0, 0.05) is 7.05 Å². The first-order valence-electron chi connectivity index (χ1n) is 9.55. The minimum absolute atomic E-state index is 0.0550. The van der Waals surface area contributed by atoms with Crippen LogP contribution in [0.15, 0.2) is 59.4 Å². The quantitative estimate of drug-likeness (QED) is 0.717. The number of hydrogen-bond acceptors (Lipinski definition) is 3. The number of ether oxygens (including phenoxy) is 1. The van der Waals surface area contributed by atoms with Crippen LogP contribution in [0, 0.1) is 6.92 Å². The van der Waals surface area contributed by atoms with Crippen LogP contribution in [-0.4, -0.2) is 21.9 Å². The summed E-state index contributed by atoms with van der Waals surface area (Å²) in [7, 11) is 1.78. The Morgan fingerprint density at radius 2 is 1.66 bits per heavy atom. The van der Waals surface area contributed by atoms with Crippen LogP contribution in [0.5, 0.6) is 5.75 Å². The van der Waals surface area contributed by atoms with Crippen LogP contribution in [0.1, 0.15) is 32.0 Å². The molecule has 0 atom stereocenters. The summed E-state index contributed by atoms with van der Waals surface area (Å²) >= 11 is 0. The number of nitrogens with one attached hydrogen (secondary N) is 1. The number of carbonyl (C=O) groups excluding carboxylic acids is 1. The van der Waals surface area contributed by atoms with Gasteiger partial charge in [0.25, 0.3) is 11.5 Å². The number of carbonyl (C=O) groups is 1. The van der Waals surface area contributed by atoms with Gasteiger partial charge in [-0.25, -0.2) is 4.68 Å². The van der Waals surface area contributed by atoms with E-state index >= 15 is 0 Å². The van der Waals surface area contributed by atoms with E-state index in [0.29, 0.717) is 11.4 Å². The molecule has 0 bridgehead atoms. The topological polar surface area (TPSA) is 65.3 Å². The highest BCUT2D eigenvalue weighted by Gasteiger charge is 2.18. The smallest absolute Gasteiger partial charge is 0.295 e. The normalized spacial score (nSPS) is 11.3. The van der Waals surface area contributed by atoms with Gasteiger partial charge in [0.05, 0.1) is 11.4 Å². The molecule has 3 aromatic rings. The van der Waals surface area contributed by atoms with Crippen molar-refractivity contribution in [1.82, 2.24) is 9.36 Å². The first-order chi connectivity index (χ1) is 13.7. The summed E-state index contributed by atoms with van der Waals surface area (Å²) in [5, 5.41) is 2.70. The van der Waals surface area contributed by atoms with E-state index in [9.17, 15) is 9.59 Å². The molecule has 29 heavy (non-hydrogen) atoms. The van der Waals surface area contributed by atoms with E-state index in [1.165, 1.54) is 10.2 Å². The van der Waals surface area contributed by atoms with Gasteiger partial charge in [0.1, 0.15) is 11.4 Å². The molecule has 3 rings (SSSR count). The zero-order valence-corrected chi connectivity index (χ0v) is 17.5. The van der Waals surface area contributed by atoms with Crippen molar-refractivity contribution in [2.45, 2.75) is 33.1 Å². The lowest BCUT2D eigenvalue weighted by atomic mass is 9.87. The Kier molecular flexibility index (Phi) is 5.64. The van der Waals surface area contributed by atoms with Crippen LogP contribution in [-0.2, 0) is 17.3 Å². The molecule has 0 aliphatic heterocycles. The second-order valence-corrected chi connectivity index (χ2v) is 8.05. The maximum Gasteiger partial charge on any atom is 0.295 e. The molecule has 0 unspecified atom stereocenters. The molecule has 0 saturated heterocycles. The standard InChI is InChI=1S/C23H27N3O3/c1-16-21(22(28)26(25(16)5)18-9-7-6-8-10-18)24-20(27)15-29-19-13-11-17(12-14-19)23(2,3)4/h6-14H,15H2,1-5H3,(H,24,27). The van der Waals surface area contributed by atoms with Crippen LogP contribution in [0.4, 0.5) is 5.69 Å². The maximum absolute atomic E-state index is 12.8. The van der Waals surface area contributed by atoms with Crippen LogP contribution in [0.3, 0.4) is 0 Å². The number of hydrogen-bond donors (Lipinski definition) is 1. The maximum atomic E-state index is 12.8. The fourth-order valence-corrected chi connectivity index (χ4v) is 3.09. The van der Waals surface area contributed by atoms with Gasteiger partial charge in [-0.1, -0.05) is 51.1 Å². The zero-order chi connectivity index (χ0) is 21.2. The Balaban J connectivity index is 1.71. The van der Waals surface area contributed by atoms with Crippen molar-refractivity contribution in [2.75, 3.05) is 11.9 Å². The first-order valence-corrected chi connectivity index (χ1v) is 9.55. The van der Waals surface area contributed by atoms with Gasteiger partial charge in [0.15, 0.2) is 6.61 Å². The number of benzene rings is 2. The van der Waals surface area contributed by atoms with Gasteiger partial charge in [0.2, 0.25) is 0 Å². The van der Waals surface area contributed by atoms with Crippen molar-refractivity contribution in [1.29, 1.82) is 0 Å². The Hall–Kier alpha value is -3.28. The average Bonchev–Trinajstić information content (AvgIpc) is 2.90. The van der Waals surface area contributed by atoms with Gasteiger partial charge < -0.3 is 10.1 Å². The monoisotopic (exact) mass is 393 g/mol. The van der Waals surface area contributed by atoms with Crippen molar-refractivity contribution < 1.29 is 9.53 Å². The fourth-order valence-electron chi connectivity index (χ4n) is 3.09. The Bertz CT molecular complexity index is 1060. The summed E-state index contributed by atoms with van der Waals surface area (Å²) in [5.41, 5.74) is 2.63. The van der Waals surface area contributed by atoms with E-state index in [0.717, 1.165) is 5.69 Å². The molecule has 1 heterocycles. The lowest BCUT2D eigenvalue weighted by Gasteiger charge is -2.19. The molecule has 0 spiro atoms. The highest BCUT2D eigenvalue weighted by atomic mass is 16.5. The molecule has 2 aromatic carbocycles. The highest BCUT2D eigenvalue weighted by molar-refractivity contribution is 5.92. The number of aromatic nitrogens is 2. The first kappa shape index (κ1) is 20.5. The van der Waals surface area contributed by atoms with Gasteiger partial charge >= 0.3 is 0 Å². The Labute approximate surface area is 170 Å². The molecule has 0 saturated carbocycles. The molecule has 0 aliphatic carbocycles. The van der Waals surface area contributed by atoms with E-state index in [2.05, 4.69) is 26.1 Å². The fraction of sp³-hybridized carbons (Fsp3) is 0.304. The van der Waals surface area contributed by atoms with Crippen molar-refractivity contribution in [3.8, 4) is 11.4 Å². The second-order valence-electron chi connectivity index (χ2n) is 8.05. The number of para-hydroxylation sites is 1. The van der Waals surface area contributed by atoms with E-state index in [1.807, 2.05) is 54.6 Å². The largest absolute Gasteiger partial charge is 0.484 e. The van der Waals surface area contributed by atoms with Crippen molar-refractivity contribution >= 4 is 11.6 Å². The third-order valence-electron chi connectivity index (χ3n) is 4.91. The zero-order valence-electron chi connectivity index (χ0n) is 17.5.